The number of hydrogen-bond acceptors (Lipinski definition) is 1. The molecule has 1 aromatic rings. The van der Waals surface area contributed by atoms with Gasteiger partial charge in [-0.3, -0.25) is 4.90 Å². The number of nitrogens with zero attached hydrogens (tertiary/aromatic N) is 1. The molecular weight excluding hydrogens is 176 g/mol. The van der Waals surface area contributed by atoms with Crippen LogP contribution in [0, 0.1) is 0 Å². The van der Waals surface area contributed by atoms with Crippen molar-refractivity contribution in [2.75, 3.05) is 11.9 Å². The number of halogens is 1. The molecule has 0 aliphatic carbocycles. The van der Waals surface area contributed by atoms with Crippen LogP contribution in [0.5, 0.6) is 0 Å². The highest BCUT2D eigenvalue weighted by atomic mass is 35.5. The Morgan fingerprint density at radius 3 is 2.50 bits per heavy atom. The zero-order chi connectivity index (χ0) is 8.97. The van der Waals surface area contributed by atoms with E-state index in [0.717, 1.165) is 5.69 Å². The Kier molecular flexibility index (Phi) is 2.94. The van der Waals surface area contributed by atoms with Crippen LogP contribution in [-0.4, -0.2) is 13.1 Å². The maximum Gasteiger partial charge on any atom is 0.336 e. The fourth-order valence-electron chi connectivity index (χ4n) is 0.832. The number of anilines is 1. The smallest absolute Gasteiger partial charge is 0.297 e. The summed E-state index contributed by atoms with van der Waals surface area (Å²) in [5, 5.41) is 0. The molecule has 0 saturated carbocycles. The van der Waals surface area contributed by atoms with Crippen LogP contribution in [0.1, 0.15) is 0 Å². The topological polar surface area (TPSA) is 32.3 Å². The van der Waals surface area contributed by atoms with Gasteiger partial charge in [-0.2, -0.15) is 0 Å². The van der Waals surface area contributed by atoms with Crippen molar-refractivity contribution in [1.82, 2.24) is 4.84 Å². The molecule has 4 heteroatoms. The van der Waals surface area contributed by atoms with Crippen LogP contribution in [0.25, 0.3) is 0 Å². The van der Waals surface area contributed by atoms with Gasteiger partial charge in [0.25, 0.3) is 0 Å². The van der Waals surface area contributed by atoms with E-state index in [1.54, 1.807) is 7.05 Å². The third kappa shape index (κ3) is 1.89. The Bertz CT molecular complexity index is 263. The first-order valence-electron chi connectivity index (χ1n) is 3.45. The van der Waals surface area contributed by atoms with Crippen LogP contribution >= 0.6 is 11.8 Å². The molecule has 0 radical (unpaired) electrons. The summed E-state index contributed by atoms with van der Waals surface area (Å²) in [6.45, 7) is 0. The maximum atomic E-state index is 11.0. The predicted octanol–water partition coefficient (Wildman–Crippen LogP) is 1.99. The van der Waals surface area contributed by atoms with Gasteiger partial charge < -0.3 is 0 Å². The highest BCUT2D eigenvalue weighted by Gasteiger charge is 2.07. The molecule has 0 fully saturated rings. The Morgan fingerprint density at radius 1 is 1.42 bits per heavy atom. The number of carbonyl (C=O) groups excluding carboxylic acids is 1. The number of hydrogen-bond donors (Lipinski definition) is 1. The molecule has 0 aliphatic rings. The van der Waals surface area contributed by atoms with Gasteiger partial charge in [-0.25, -0.2) is 9.63 Å². The van der Waals surface area contributed by atoms with Crippen LogP contribution in [0.3, 0.4) is 0 Å². The predicted molar refractivity (Wildman–Crippen MR) is 49.2 cm³/mol. The highest BCUT2D eigenvalue weighted by molar-refractivity contribution is 6.23. The second-order valence-corrected chi connectivity index (χ2v) is 2.48. The maximum absolute atomic E-state index is 11.0. The lowest BCUT2D eigenvalue weighted by molar-refractivity contribution is 0.252. The summed E-state index contributed by atoms with van der Waals surface area (Å²) in [5.74, 6) is 0. The van der Waals surface area contributed by atoms with E-state index in [-0.39, 0.29) is 6.03 Å². The van der Waals surface area contributed by atoms with Crippen LogP contribution in [-0.2, 0) is 0 Å². The SMILES string of the molecule is CN(C(=O)NCl)c1ccccc1. The second kappa shape index (κ2) is 3.97. The van der Waals surface area contributed by atoms with E-state index in [1.165, 1.54) is 4.90 Å². The minimum Gasteiger partial charge on any atom is -0.297 e. The summed E-state index contributed by atoms with van der Waals surface area (Å²) in [7, 11) is 1.65. The second-order valence-electron chi connectivity index (χ2n) is 2.29. The van der Waals surface area contributed by atoms with E-state index in [4.69, 9.17) is 11.8 Å². The fraction of sp³-hybridized carbons (Fsp3) is 0.125. The van der Waals surface area contributed by atoms with E-state index in [1.807, 2.05) is 35.2 Å². The van der Waals surface area contributed by atoms with Gasteiger partial charge in [-0.15, -0.1) is 0 Å². The van der Waals surface area contributed by atoms with Gasteiger partial charge in [0.05, 0.1) is 0 Å². The van der Waals surface area contributed by atoms with Crippen LogP contribution < -0.4 is 9.74 Å². The Hall–Kier alpha value is -1.22. The molecule has 1 rings (SSSR count). The van der Waals surface area contributed by atoms with Gasteiger partial charge >= 0.3 is 6.03 Å². The van der Waals surface area contributed by atoms with E-state index in [9.17, 15) is 4.79 Å². The summed E-state index contributed by atoms with van der Waals surface area (Å²) in [5.41, 5.74) is 0.802. The van der Waals surface area contributed by atoms with Gasteiger partial charge in [-0.1, -0.05) is 18.2 Å². The molecule has 0 unspecified atom stereocenters. The molecule has 0 atom stereocenters. The van der Waals surface area contributed by atoms with Crippen molar-refractivity contribution in [3.8, 4) is 0 Å². The summed E-state index contributed by atoms with van der Waals surface area (Å²) >= 11 is 5.16. The standard InChI is InChI=1S/C8H9ClN2O/c1-11(8(12)10-9)7-5-3-2-4-6-7/h2-6H,1H3,(H,10,12). The molecule has 1 aromatic carbocycles. The van der Waals surface area contributed by atoms with Crippen LogP contribution in [0.4, 0.5) is 10.5 Å². The average Bonchev–Trinajstić information content (AvgIpc) is 2.17. The van der Waals surface area contributed by atoms with Gasteiger partial charge in [0.1, 0.15) is 0 Å². The number of benzene rings is 1. The summed E-state index contributed by atoms with van der Waals surface area (Å²) in [6.07, 6.45) is 0. The molecule has 64 valence electrons. The van der Waals surface area contributed by atoms with E-state index < -0.39 is 0 Å². The molecule has 0 aromatic heterocycles. The first-order valence-corrected chi connectivity index (χ1v) is 3.83. The lowest BCUT2D eigenvalue weighted by atomic mass is 10.3. The average molecular weight is 185 g/mol. The lowest BCUT2D eigenvalue weighted by Gasteiger charge is -2.14. The Labute approximate surface area is 76.0 Å². The minimum atomic E-state index is -0.345. The summed E-state index contributed by atoms with van der Waals surface area (Å²) in [6, 6.07) is 8.90. The molecule has 0 bridgehead atoms. The zero-order valence-electron chi connectivity index (χ0n) is 6.62. The molecule has 0 spiro atoms. The number of para-hydroxylation sites is 1. The number of rotatable bonds is 1. The molecular formula is C8H9ClN2O. The van der Waals surface area contributed by atoms with Crippen molar-refractivity contribution >= 4 is 23.5 Å². The number of carbonyl (C=O) groups is 1. The van der Waals surface area contributed by atoms with Crippen molar-refractivity contribution in [1.29, 1.82) is 0 Å². The quantitative estimate of drug-likeness (QED) is 0.666. The van der Waals surface area contributed by atoms with Crippen molar-refractivity contribution in [3.63, 3.8) is 0 Å². The van der Waals surface area contributed by atoms with Crippen molar-refractivity contribution < 1.29 is 4.79 Å². The van der Waals surface area contributed by atoms with Gasteiger partial charge in [0, 0.05) is 24.5 Å². The van der Waals surface area contributed by atoms with Crippen molar-refractivity contribution in [3.05, 3.63) is 30.3 Å². The first-order chi connectivity index (χ1) is 5.75. The molecule has 0 heterocycles. The van der Waals surface area contributed by atoms with E-state index in [2.05, 4.69) is 0 Å². The van der Waals surface area contributed by atoms with E-state index in [0.29, 0.717) is 0 Å². The lowest BCUT2D eigenvalue weighted by Crippen LogP contribution is -2.31. The Morgan fingerprint density at radius 2 is 2.00 bits per heavy atom. The number of nitrogens with one attached hydrogen (secondary N) is 1. The highest BCUT2D eigenvalue weighted by Crippen LogP contribution is 2.10. The molecule has 0 aliphatic heterocycles. The van der Waals surface area contributed by atoms with Gasteiger partial charge in [0.2, 0.25) is 0 Å². The number of urea groups is 1. The monoisotopic (exact) mass is 184 g/mol. The van der Waals surface area contributed by atoms with E-state index >= 15 is 0 Å². The normalized spacial score (nSPS) is 9.17. The van der Waals surface area contributed by atoms with Gasteiger partial charge in [-0.05, 0) is 12.1 Å². The third-order valence-corrected chi connectivity index (χ3v) is 1.69. The molecule has 1 N–H and O–H groups in total. The van der Waals surface area contributed by atoms with Crippen LogP contribution in [0.2, 0.25) is 0 Å². The minimum absolute atomic E-state index is 0.345. The summed E-state index contributed by atoms with van der Waals surface area (Å²) in [4.78, 5) is 14.4. The molecule has 2 amide bonds. The summed E-state index contributed by atoms with van der Waals surface area (Å²) < 4.78 is 0. The number of amides is 2. The zero-order valence-corrected chi connectivity index (χ0v) is 7.38. The first kappa shape index (κ1) is 8.87. The molecule has 12 heavy (non-hydrogen) atoms. The largest absolute Gasteiger partial charge is 0.336 e. The van der Waals surface area contributed by atoms with Crippen molar-refractivity contribution in [2.24, 2.45) is 0 Å². The third-order valence-electron chi connectivity index (χ3n) is 1.53. The van der Waals surface area contributed by atoms with Crippen LogP contribution in [0.15, 0.2) is 30.3 Å². The molecule has 3 nitrogen and oxygen atoms in total. The Balaban J connectivity index is 2.78. The molecule has 0 saturated heterocycles. The fourth-order valence-corrected chi connectivity index (χ4v) is 0.959. The van der Waals surface area contributed by atoms with Gasteiger partial charge in [0.15, 0.2) is 0 Å². The van der Waals surface area contributed by atoms with Crippen molar-refractivity contribution in [2.45, 2.75) is 0 Å².